The second kappa shape index (κ2) is 6.87. The number of thiazole rings is 1. The van der Waals surface area contributed by atoms with E-state index in [2.05, 4.69) is 22.4 Å². The van der Waals surface area contributed by atoms with E-state index >= 15 is 0 Å². The van der Waals surface area contributed by atoms with Crippen LogP contribution >= 0.6 is 11.3 Å². The third kappa shape index (κ3) is 3.15. The smallest absolute Gasteiger partial charge is 0.231 e. The predicted molar refractivity (Wildman–Crippen MR) is 106 cm³/mol. The van der Waals surface area contributed by atoms with Gasteiger partial charge in [-0.3, -0.25) is 0 Å². The maximum Gasteiger partial charge on any atom is 0.231 e. The molecular weight excluding hydrogens is 360 g/mol. The summed E-state index contributed by atoms with van der Waals surface area (Å²) in [6.45, 7) is 1.73. The van der Waals surface area contributed by atoms with E-state index in [9.17, 15) is 5.11 Å². The molecule has 2 aliphatic heterocycles. The first kappa shape index (κ1) is 16.6. The first-order valence-electron chi connectivity index (χ1n) is 9.11. The van der Waals surface area contributed by atoms with Crippen LogP contribution in [0.2, 0.25) is 0 Å². The minimum absolute atomic E-state index is 0.101. The number of hydrogen-bond donors (Lipinski definition) is 1. The van der Waals surface area contributed by atoms with Crippen molar-refractivity contribution in [1.29, 1.82) is 0 Å². The zero-order chi connectivity index (χ0) is 18.2. The van der Waals surface area contributed by atoms with Crippen LogP contribution in [0.25, 0.3) is 11.3 Å². The highest BCUT2D eigenvalue weighted by Crippen LogP contribution is 2.38. The summed E-state index contributed by atoms with van der Waals surface area (Å²) in [5.74, 6) is 1.65. The van der Waals surface area contributed by atoms with Gasteiger partial charge in [0.25, 0.3) is 0 Å². The number of benzene rings is 2. The summed E-state index contributed by atoms with van der Waals surface area (Å²) in [6.07, 6.45) is 0.435. The van der Waals surface area contributed by atoms with Crippen LogP contribution in [0.15, 0.2) is 53.9 Å². The average molecular weight is 380 g/mol. The van der Waals surface area contributed by atoms with Crippen molar-refractivity contribution in [2.75, 3.05) is 24.8 Å². The van der Waals surface area contributed by atoms with E-state index < -0.39 is 6.10 Å². The Bertz CT molecular complexity index is 944. The van der Waals surface area contributed by atoms with Gasteiger partial charge in [-0.1, -0.05) is 36.4 Å². The van der Waals surface area contributed by atoms with Gasteiger partial charge in [-0.05, 0) is 24.1 Å². The Labute approximate surface area is 161 Å². The van der Waals surface area contributed by atoms with Gasteiger partial charge in [0.2, 0.25) is 6.79 Å². The SMILES string of the molecule is O[C@@H]1CN(c2nc(-c3ccccc3)cs2)CC[C@H]1c1ccc2c(c1)OCO2. The Morgan fingerprint density at radius 2 is 1.93 bits per heavy atom. The molecule has 138 valence electrons. The molecule has 0 bridgehead atoms. The van der Waals surface area contributed by atoms with Crippen LogP contribution in [-0.2, 0) is 0 Å². The van der Waals surface area contributed by atoms with E-state index in [-0.39, 0.29) is 12.7 Å². The van der Waals surface area contributed by atoms with Gasteiger partial charge < -0.3 is 19.5 Å². The van der Waals surface area contributed by atoms with Gasteiger partial charge in [0.15, 0.2) is 16.6 Å². The van der Waals surface area contributed by atoms with Gasteiger partial charge in [-0.25, -0.2) is 4.98 Å². The molecule has 5 nitrogen and oxygen atoms in total. The standard InChI is InChI=1S/C21H20N2O3S/c24-18-11-23(21-22-17(12-27-21)14-4-2-1-3-5-14)9-8-16(18)15-6-7-19-20(10-15)26-13-25-19/h1-7,10,12,16,18,24H,8-9,11,13H2/t16-,18+/m0/s1. The first-order chi connectivity index (χ1) is 13.3. The van der Waals surface area contributed by atoms with Gasteiger partial charge >= 0.3 is 0 Å². The summed E-state index contributed by atoms with van der Waals surface area (Å²) in [4.78, 5) is 6.97. The molecule has 0 spiro atoms. The second-order valence-electron chi connectivity index (χ2n) is 6.90. The number of rotatable bonds is 3. The first-order valence-corrected chi connectivity index (χ1v) is 9.99. The minimum atomic E-state index is -0.441. The largest absolute Gasteiger partial charge is 0.454 e. The normalized spacial score (nSPS) is 21.4. The maximum atomic E-state index is 10.8. The van der Waals surface area contributed by atoms with Gasteiger partial charge in [-0.2, -0.15) is 0 Å². The van der Waals surface area contributed by atoms with Crippen molar-refractivity contribution >= 4 is 16.5 Å². The molecule has 3 aromatic rings. The molecule has 0 radical (unpaired) electrons. The number of aliphatic hydroxyl groups excluding tert-OH is 1. The summed E-state index contributed by atoms with van der Waals surface area (Å²) in [6, 6.07) is 16.2. The third-order valence-electron chi connectivity index (χ3n) is 5.24. The second-order valence-corrected chi connectivity index (χ2v) is 7.74. The monoisotopic (exact) mass is 380 g/mol. The molecule has 2 aliphatic rings. The van der Waals surface area contributed by atoms with Crippen LogP contribution in [-0.4, -0.2) is 36.1 Å². The predicted octanol–water partition coefficient (Wildman–Crippen LogP) is 3.89. The molecule has 1 saturated heterocycles. The molecule has 0 amide bonds. The van der Waals surface area contributed by atoms with Crippen molar-refractivity contribution in [2.24, 2.45) is 0 Å². The molecule has 3 heterocycles. The van der Waals surface area contributed by atoms with Crippen molar-refractivity contribution in [2.45, 2.75) is 18.4 Å². The quantitative estimate of drug-likeness (QED) is 0.747. The number of nitrogens with zero attached hydrogens (tertiary/aromatic N) is 2. The number of aromatic nitrogens is 1. The molecule has 27 heavy (non-hydrogen) atoms. The average Bonchev–Trinajstić information content (AvgIpc) is 3.38. The van der Waals surface area contributed by atoms with Gasteiger partial charge in [0.1, 0.15) is 0 Å². The van der Waals surface area contributed by atoms with Gasteiger partial charge in [-0.15, -0.1) is 11.3 Å². The minimum Gasteiger partial charge on any atom is -0.454 e. The van der Waals surface area contributed by atoms with E-state index in [1.54, 1.807) is 11.3 Å². The Morgan fingerprint density at radius 1 is 1.07 bits per heavy atom. The lowest BCUT2D eigenvalue weighted by Gasteiger charge is -2.36. The summed E-state index contributed by atoms with van der Waals surface area (Å²) in [7, 11) is 0. The van der Waals surface area contributed by atoms with E-state index in [0.717, 1.165) is 46.4 Å². The number of ether oxygens (including phenoxy) is 2. The highest BCUT2D eigenvalue weighted by molar-refractivity contribution is 7.14. The Kier molecular flexibility index (Phi) is 4.22. The Balaban J connectivity index is 1.31. The lowest BCUT2D eigenvalue weighted by molar-refractivity contribution is 0.130. The van der Waals surface area contributed by atoms with Crippen LogP contribution in [0, 0.1) is 0 Å². The van der Waals surface area contributed by atoms with E-state index in [1.807, 2.05) is 36.4 Å². The van der Waals surface area contributed by atoms with E-state index in [4.69, 9.17) is 14.5 Å². The molecule has 0 saturated carbocycles. The molecule has 5 rings (SSSR count). The van der Waals surface area contributed by atoms with Crippen molar-refractivity contribution in [3.63, 3.8) is 0 Å². The van der Waals surface area contributed by atoms with Crippen LogP contribution in [0.1, 0.15) is 17.9 Å². The molecule has 1 fully saturated rings. The molecule has 0 unspecified atom stereocenters. The molecule has 1 aromatic heterocycles. The molecule has 2 aromatic carbocycles. The number of hydrogen-bond acceptors (Lipinski definition) is 6. The van der Waals surface area contributed by atoms with Crippen molar-refractivity contribution in [1.82, 2.24) is 4.98 Å². The number of aliphatic hydroxyl groups is 1. The van der Waals surface area contributed by atoms with E-state index in [0.29, 0.717) is 6.54 Å². The molecule has 2 atom stereocenters. The van der Waals surface area contributed by atoms with Crippen molar-refractivity contribution in [3.8, 4) is 22.8 Å². The zero-order valence-electron chi connectivity index (χ0n) is 14.7. The number of anilines is 1. The Hall–Kier alpha value is -2.57. The fourth-order valence-corrected chi connectivity index (χ4v) is 4.66. The molecule has 0 aliphatic carbocycles. The van der Waals surface area contributed by atoms with Crippen LogP contribution in [0.3, 0.4) is 0 Å². The Morgan fingerprint density at radius 3 is 2.78 bits per heavy atom. The summed E-state index contributed by atoms with van der Waals surface area (Å²) < 4.78 is 10.9. The number of piperidine rings is 1. The highest BCUT2D eigenvalue weighted by atomic mass is 32.1. The number of fused-ring (bicyclic) bond motifs is 1. The summed E-state index contributed by atoms with van der Waals surface area (Å²) in [5, 5.41) is 13.8. The summed E-state index contributed by atoms with van der Waals surface area (Å²) >= 11 is 1.63. The van der Waals surface area contributed by atoms with Crippen LogP contribution in [0.5, 0.6) is 11.5 Å². The maximum absolute atomic E-state index is 10.8. The van der Waals surface area contributed by atoms with Gasteiger partial charge in [0.05, 0.1) is 11.8 Å². The molecule has 6 heteroatoms. The van der Waals surface area contributed by atoms with Crippen LogP contribution < -0.4 is 14.4 Å². The topological polar surface area (TPSA) is 54.8 Å². The fraction of sp³-hybridized carbons (Fsp3) is 0.286. The van der Waals surface area contributed by atoms with Gasteiger partial charge in [0, 0.05) is 30.0 Å². The molecular formula is C21H20N2O3S. The van der Waals surface area contributed by atoms with E-state index in [1.165, 1.54) is 0 Å². The van der Waals surface area contributed by atoms with Crippen molar-refractivity contribution in [3.05, 3.63) is 59.5 Å². The third-order valence-corrected chi connectivity index (χ3v) is 6.14. The highest BCUT2D eigenvalue weighted by Gasteiger charge is 2.31. The van der Waals surface area contributed by atoms with Crippen LogP contribution in [0.4, 0.5) is 5.13 Å². The van der Waals surface area contributed by atoms with Crippen molar-refractivity contribution < 1.29 is 14.6 Å². The summed E-state index contributed by atoms with van der Waals surface area (Å²) in [5.41, 5.74) is 3.22. The molecule has 1 N–H and O–H groups in total. The number of β-amino-alcohol motifs (C(OH)–C–C–N with tert-alkyl or cyclic N) is 1. The zero-order valence-corrected chi connectivity index (χ0v) is 15.6. The lowest BCUT2D eigenvalue weighted by atomic mass is 9.87. The fourth-order valence-electron chi connectivity index (χ4n) is 3.79. The lowest BCUT2D eigenvalue weighted by Crippen LogP contribution is -2.42.